The van der Waals surface area contributed by atoms with Crippen LogP contribution in [0.2, 0.25) is 0 Å². The molecule has 0 amide bonds. The summed E-state index contributed by atoms with van der Waals surface area (Å²) in [6.45, 7) is 6.33. The second-order valence-corrected chi connectivity index (χ2v) is 5.52. The number of carbonyl (C=O) groups is 1. The summed E-state index contributed by atoms with van der Waals surface area (Å²) in [6.07, 6.45) is 5.50. The summed E-state index contributed by atoms with van der Waals surface area (Å²) in [5.74, 6) is -1.42. The number of pyridine rings is 1. The molecule has 1 aromatic heterocycles. The van der Waals surface area contributed by atoms with Crippen LogP contribution in [0.15, 0.2) is 17.1 Å². The molecule has 0 fully saturated rings. The zero-order chi connectivity index (χ0) is 16.5. The van der Waals surface area contributed by atoms with E-state index in [-0.39, 0.29) is 6.54 Å². The molecule has 0 aliphatic carbocycles. The molecule has 1 heterocycles. The van der Waals surface area contributed by atoms with E-state index in [1.807, 2.05) is 0 Å². The molecule has 0 bridgehead atoms. The zero-order valence-electron chi connectivity index (χ0n) is 13.4. The normalized spacial score (nSPS) is 11.0. The van der Waals surface area contributed by atoms with E-state index in [2.05, 4.69) is 18.7 Å². The van der Waals surface area contributed by atoms with Gasteiger partial charge in [-0.25, -0.2) is 0 Å². The van der Waals surface area contributed by atoms with Gasteiger partial charge in [0.15, 0.2) is 5.75 Å². The average Bonchev–Trinajstić information content (AvgIpc) is 2.46. The summed E-state index contributed by atoms with van der Waals surface area (Å²) in [7, 11) is 0. The van der Waals surface area contributed by atoms with Crippen molar-refractivity contribution in [1.29, 1.82) is 0 Å². The molecule has 1 aromatic rings. The summed E-state index contributed by atoms with van der Waals surface area (Å²) in [5, 5.41) is 18.5. The predicted octanol–water partition coefficient (Wildman–Crippen LogP) is 2.04. The number of rotatable bonds is 10. The Labute approximate surface area is 131 Å². The maximum Gasteiger partial charge on any atom is 0.323 e. The third-order valence-electron chi connectivity index (χ3n) is 3.54. The lowest BCUT2D eigenvalue weighted by Gasteiger charge is -2.23. The van der Waals surface area contributed by atoms with Crippen LogP contribution in [-0.4, -0.2) is 38.7 Å². The summed E-state index contributed by atoms with van der Waals surface area (Å²) in [4.78, 5) is 24.8. The first-order valence-corrected chi connectivity index (χ1v) is 7.84. The smallest absolute Gasteiger partial charge is 0.323 e. The molecule has 2 N–H and O–H groups in total. The Kier molecular flexibility index (Phi) is 7.66. The minimum absolute atomic E-state index is 0.265. The number of carboxylic acids is 1. The molecule has 22 heavy (non-hydrogen) atoms. The molecule has 0 aromatic carbocycles. The Morgan fingerprint density at radius 2 is 1.82 bits per heavy atom. The highest BCUT2D eigenvalue weighted by Crippen LogP contribution is 2.10. The second kappa shape index (κ2) is 9.25. The molecule has 1 rings (SSSR count). The molecular weight excluding hydrogens is 284 g/mol. The molecule has 0 unspecified atom stereocenters. The van der Waals surface area contributed by atoms with E-state index in [0.717, 1.165) is 38.8 Å². The molecule has 0 aliphatic rings. The second-order valence-electron chi connectivity index (χ2n) is 5.52. The van der Waals surface area contributed by atoms with Crippen LogP contribution in [0, 0.1) is 0 Å². The fraction of sp³-hybridized carbons (Fsp3) is 0.625. The number of aromatic nitrogens is 1. The van der Waals surface area contributed by atoms with E-state index in [1.165, 1.54) is 16.8 Å². The molecule has 0 radical (unpaired) electrons. The van der Waals surface area contributed by atoms with Crippen molar-refractivity contribution in [3.63, 3.8) is 0 Å². The van der Waals surface area contributed by atoms with Gasteiger partial charge in [-0.05, 0) is 25.9 Å². The van der Waals surface area contributed by atoms with Crippen molar-refractivity contribution in [2.75, 3.05) is 13.1 Å². The van der Waals surface area contributed by atoms with E-state index in [4.69, 9.17) is 5.11 Å². The van der Waals surface area contributed by atoms with Crippen molar-refractivity contribution in [3.8, 4) is 5.75 Å². The molecule has 0 saturated carbocycles. The Morgan fingerprint density at radius 1 is 1.23 bits per heavy atom. The van der Waals surface area contributed by atoms with Crippen LogP contribution in [-0.2, 0) is 17.9 Å². The zero-order valence-corrected chi connectivity index (χ0v) is 13.4. The van der Waals surface area contributed by atoms with E-state index < -0.39 is 17.1 Å². The van der Waals surface area contributed by atoms with Crippen molar-refractivity contribution >= 4 is 5.97 Å². The molecule has 6 nitrogen and oxygen atoms in total. The average molecular weight is 310 g/mol. The predicted molar refractivity (Wildman–Crippen MR) is 85.1 cm³/mol. The number of aromatic hydroxyl groups is 1. The molecule has 0 spiro atoms. The van der Waals surface area contributed by atoms with Crippen molar-refractivity contribution in [2.45, 2.75) is 52.6 Å². The van der Waals surface area contributed by atoms with E-state index in [1.54, 1.807) is 0 Å². The number of nitrogens with zero attached hydrogens (tertiary/aromatic N) is 2. The third kappa shape index (κ3) is 5.89. The fourth-order valence-electron chi connectivity index (χ4n) is 2.29. The van der Waals surface area contributed by atoms with Crippen molar-refractivity contribution in [2.24, 2.45) is 0 Å². The van der Waals surface area contributed by atoms with Gasteiger partial charge in [-0.1, -0.05) is 26.7 Å². The van der Waals surface area contributed by atoms with Crippen LogP contribution < -0.4 is 5.43 Å². The largest absolute Gasteiger partial charge is 0.503 e. The van der Waals surface area contributed by atoms with E-state index in [9.17, 15) is 14.7 Å². The Morgan fingerprint density at radius 3 is 2.32 bits per heavy atom. The van der Waals surface area contributed by atoms with Gasteiger partial charge in [0.25, 0.3) is 0 Å². The van der Waals surface area contributed by atoms with E-state index in [0.29, 0.717) is 12.2 Å². The summed E-state index contributed by atoms with van der Waals surface area (Å²) in [5.41, 5.74) is 0.153. The van der Waals surface area contributed by atoms with Crippen LogP contribution in [0.4, 0.5) is 0 Å². The van der Waals surface area contributed by atoms with Crippen LogP contribution >= 0.6 is 0 Å². The van der Waals surface area contributed by atoms with Gasteiger partial charge in [0.05, 0.1) is 6.20 Å². The number of hydrogen-bond donors (Lipinski definition) is 2. The number of carboxylic acid groups (broad SMARTS) is 1. The standard InChI is InChI=1S/C16H26N2O4/c1-3-5-7-17(8-6-4-2)10-13-9-14(19)15(20)11-18(13)12-16(21)22/h9,11,20H,3-8,10,12H2,1-2H3,(H,21,22). The lowest BCUT2D eigenvalue weighted by molar-refractivity contribution is -0.137. The topological polar surface area (TPSA) is 82.8 Å². The monoisotopic (exact) mass is 310 g/mol. The summed E-state index contributed by atoms with van der Waals surface area (Å²) < 4.78 is 1.43. The fourth-order valence-corrected chi connectivity index (χ4v) is 2.29. The summed E-state index contributed by atoms with van der Waals surface area (Å²) >= 11 is 0. The lowest BCUT2D eigenvalue weighted by Crippen LogP contribution is -2.29. The van der Waals surface area contributed by atoms with Crippen LogP contribution in [0.3, 0.4) is 0 Å². The molecule has 124 valence electrons. The summed E-state index contributed by atoms with van der Waals surface area (Å²) in [6, 6.07) is 1.34. The van der Waals surface area contributed by atoms with Crippen LogP contribution in [0.1, 0.15) is 45.2 Å². The molecule has 6 heteroatoms. The quantitative estimate of drug-likeness (QED) is 0.691. The van der Waals surface area contributed by atoms with Gasteiger partial charge < -0.3 is 14.8 Å². The van der Waals surface area contributed by atoms with Crippen LogP contribution in [0.25, 0.3) is 0 Å². The minimum atomic E-state index is -1.00. The highest BCUT2D eigenvalue weighted by molar-refractivity contribution is 5.66. The van der Waals surface area contributed by atoms with Gasteiger partial charge in [0, 0.05) is 18.3 Å². The van der Waals surface area contributed by atoms with Gasteiger partial charge >= 0.3 is 5.97 Å². The third-order valence-corrected chi connectivity index (χ3v) is 3.54. The van der Waals surface area contributed by atoms with Gasteiger partial charge in [-0.3, -0.25) is 14.5 Å². The highest BCUT2D eigenvalue weighted by atomic mass is 16.4. The number of aliphatic carboxylic acids is 1. The maximum absolute atomic E-state index is 11.7. The first kappa shape index (κ1) is 18.2. The molecular formula is C16H26N2O4. The van der Waals surface area contributed by atoms with Crippen molar-refractivity contribution in [1.82, 2.24) is 9.47 Å². The Hall–Kier alpha value is -1.82. The first-order chi connectivity index (χ1) is 10.5. The molecule has 0 atom stereocenters. The number of hydrogen-bond acceptors (Lipinski definition) is 4. The van der Waals surface area contributed by atoms with Gasteiger partial charge in [0.1, 0.15) is 6.54 Å². The molecule has 0 saturated heterocycles. The van der Waals surface area contributed by atoms with Gasteiger partial charge in [-0.2, -0.15) is 0 Å². The van der Waals surface area contributed by atoms with Gasteiger partial charge in [0.2, 0.25) is 5.43 Å². The van der Waals surface area contributed by atoms with E-state index >= 15 is 0 Å². The Bertz CT molecular complexity index is 531. The SMILES string of the molecule is CCCCN(CCCC)Cc1cc(=O)c(O)cn1CC(=O)O. The molecule has 0 aliphatic heterocycles. The van der Waals surface area contributed by atoms with Crippen molar-refractivity contribution < 1.29 is 15.0 Å². The lowest BCUT2D eigenvalue weighted by atomic mass is 10.2. The Balaban J connectivity index is 2.97. The minimum Gasteiger partial charge on any atom is -0.503 e. The maximum atomic E-state index is 11.7. The van der Waals surface area contributed by atoms with Gasteiger partial charge in [-0.15, -0.1) is 0 Å². The van der Waals surface area contributed by atoms with Crippen LogP contribution in [0.5, 0.6) is 5.75 Å². The first-order valence-electron chi connectivity index (χ1n) is 7.84. The van der Waals surface area contributed by atoms with Crippen molar-refractivity contribution in [3.05, 3.63) is 28.2 Å². The highest BCUT2D eigenvalue weighted by Gasteiger charge is 2.12. The number of unbranched alkanes of at least 4 members (excludes halogenated alkanes) is 2.